The van der Waals surface area contributed by atoms with Crippen LogP contribution in [0.25, 0.3) is 0 Å². The molecule has 1 heterocycles. The summed E-state index contributed by atoms with van der Waals surface area (Å²) in [7, 11) is 0. The van der Waals surface area contributed by atoms with Gasteiger partial charge in [-0.05, 0) is 25.0 Å². The molecule has 0 bridgehead atoms. The number of nitrogens with zero attached hydrogens (tertiary/aromatic N) is 1. The zero-order valence-electron chi connectivity index (χ0n) is 8.26. The van der Waals surface area contributed by atoms with Gasteiger partial charge in [-0.1, -0.05) is 35.3 Å². The molecule has 13 heavy (non-hydrogen) atoms. The second-order valence-corrected chi connectivity index (χ2v) is 4.65. The topological polar surface area (TPSA) is 12.9 Å². The summed E-state index contributed by atoms with van der Waals surface area (Å²) in [5.74, 6) is 0. The van der Waals surface area contributed by atoms with E-state index >= 15 is 0 Å². The maximum Gasteiger partial charge on any atom is 0.0443 e. The third kappa shape index (κ3) is 3.47. The van der Waals surface area contributed by atoms with E-state index in [4.69, 9.17) is 0 Å². The monoisotopic (exact) mass is 241 g/mol. The van der Waals surface area contributed by atoms with E-state index in [2.05, 4.69) is 40.8 Å². The first-order chi connectivity index (χ1) is 6.24. The zero-order valence-corrected chi connectivity index (χ0v) is 9.84. The van der Waals surface area contributed by atoms with E-state index in [1.165, 1.54) is 24.1 Å². The van der Waals surface area contributed by atoms with Gasteiger partial charge in [0.25, 0.3) is 0 Å². The Kier molecular flexibility index (Phi) is 4.43. The summed E-state index contributed by atoms with van der Waals surface area (Å²) < 4.78 is 0. The molecule has 0 fully saturated rings. The Bertz CT molecular complexity index is 260. The Morgan fingerprint density at radius 1 is 1.54 bits per heavy atom. The van der Waals surface area contributed by atoms with Crippen molar-refractivity contribution in [1.29, 1.82) is 0 Å². The van der Waals surface area contributed by atoms with E-state index < -0.39 is 0 Å². The maximum atomic E-state index is 4.37. The van der Waals surface area contributed by atoms with E-state index in [1.807, 2.05) is 12.3 Å². The summed E-state index contributed by atoms with van der Waals surface area (Å²) >= 11 is 3.67. The minimum absolute atomic E-state index is 0.575. The number of hydrogen-bond acceptors (Lipinski definition) is 1. The molecule has 0 aliphatic carbocycles. The summed E-state index contributed by atoms with van der Waals surface area (Å²) in [4.78, 5) is 4.95. The SMILES string of the molecule is CCCC(Br)Cc1ncccc1C. The molecule has 1 unspecified atom stereocenters. The molecule has 0 aromatic carbocycles. The van der Waals surface area contributed by atoms with Crippen molar-refractivity contribution in [3.05, 3.63) is 29.6 Å². The Labute approximate surface area is 88.7 Å². The first kappa shape index (κ1) is 10.7. The van der Waals surface area contributed by atoms with Crippen molar-refractivity contribution in [3.63, 3.8) is 0 Å². The van der Waals surface area contributed by atoms with Crippen LogP contribution in [0.4, 0.5) is 0 Å². The van der Waals surface area contributed by atoms with E-state index in [0.29, 0.717) is 4.83 Å². The molecule has 0 radical (unpaired) electrons. The van der Waals surface area contributed by atoms with Crippen LogP contribution < -0.4 is 0 Å². The third-order valence-corrected chi connectivity index (χ3v) is 2.92. The lowest BCUT2D eigenvalue weighted by Gasteiger charge is -2.09. The average molecular weight is 242 g/mol. The van der Waals surface area contributed by atoms with E-state index in [-0.39, 0.29) is 0 Å². The van der Waals surface area contributed by atoms with Gasteiger partial charge in [0, 0.05) is 23.1 Å². The molecule has 0 aliphatic heterocycles. The summed E-state index contributed by atoms with van der Waals surface area (Å²) in [5, 5.41) is 0. The highest BCUT2D eigenvalue weighted by molar-refractivity contribution is 9.09. The van der Waals surface area contributed by atoms with Crippen molar-refractivity contribution >= 4 is 15.9 Å². The average Bonchev–Trinajstić information content (AvgIpc) is 2.09. The minimum atomic E-state index is 0.575. The van der Waals surface area contributed by atoms with Gasteiger partial charge in [-0.25, -0.2) is 0 Å². The fourth-order valence-corrected chi connectivity index (χ4v) is 2.12. The fourth-order valence-electron chi connectivity index (χ4n) is 1.36. The van der Waals surface area contributed by atoms with Crippen LogP contribution in [-0.2, 0) is 6.42 Å². The molecule has 0 spiro atoms. The number of aromatic nitrogens is 1. The molecule has 0 saturated carbocycles. The molecule has 1 rings (SSSR count). The van der Waals surface area contributed by atoms with Gasteiger partial charge in [-0.3, -0.25) is 4.98 Å². The molecule has 0 aliphatic rings. The number of aryl methyl sites for hydroxylation is 1. The predicted molar refractivity (Wildman–Crippen MR) is 60.3 cm³/mol. The third-order valence-electron chi connectivity index (χ3n) is 2.13. The molecule has 1 nitrogen and oxygen atoms in total. The Morgan fingerprint density at radius 3 is 2.92 bits per heavy atom. The van der Waals surface area contributed by atoms with Crippen molar-refractivity contribution in [2.45, 2.75) is 37.9 Å². The van der Waals surface area contributed by atoms with Crippen molar-refractivity contribution in [2.75, 3.05) is 0 Å². The number of alkyl halides is 1. The van der Waals surface area contributed by atoms with Gasteiger partial charge >= 0.3 is 0 Å². The number of rotatable bonds is 4. The molecule has 72 valence electrons. The van der Waals surface area contributed by atoms with Crippen LogP contribution in [0.5, 0.6) is 0 Å². The minimum Gasteiger partial charge on any atom is -0.261 e. The van der Waals surface area contributed by atoms with Crippen LogP contribution in [0.15, 0.2) is 18.3 Å². The molecule has 1 atom stereocenters. The van der Waals surface area contributed by atoms with Gasteiger partial charge in [0.2, 0.25) is 0 Å². The Hall–Kier alpha value is -0.370. The lowest BCUT2D eigenvalue weighted by molar-refractivity contribution is 0.731. The quantitative estimate of drug-likeness (QED) is 0.736. The number of hydrogen-bond donors (Lipinski definition) is 0. The Balaban J connectivity index is 2.58. The second kappa shape index (κ2) is 5.38. The Morgan fingerprint density at radius 2 is 2.31 bits per heavy atom. The lowest BCUT2D eigenvalue weighted by Crippen LogP contribution is -2.05. The molecule has 2 heteroatoms. The molecule has 1 aromatic rings. The first-order valence-electron chi connectivity index (χ1n) is 4.78. The second-order valence-electron chi connectivity index (χ2n) is 3.36. The highest BCUT2D eigenvalue weighted by atomic mass is 79.9. The van der Waals surface area contributed by atoms with Crippen LogP contribution in [0, 0.1) is 6.92 Å². The standard InChI is InChI=1S/C11H16BrN/c1-3-5-10(12)8-11-9(2)6-4-7-13-11/h4,6-7,10H,3,5,8H2,1-2H3. The van der Waals surface area contributed by atoms with Gasteiger partial charge in [0.1, 0.15) is 0 Å². The van der Waals surface area contributed by atoms with Crippen molar-refractivity contribution < 1.29 is 0 Å². The van der Waals surface area contributed by atoms with E-state index in [0.717, 1.165) is 6.42 Å². The summed E-state index contributed by atoms with van der Waals surface area (Å²) in [6.45, 7) is 4.33. The van der Waals surface area contributed by atoms with Gasteiger partial charge in [0.15, 0.2) is 0 Å². The first-order valence-corrected chi connectivity index (χ1v) is 5.70. The van der Waals surface area contributed by atoms with Crippen LogP contribution >= 0.6 is 15.9 Å². The van der Waals surface area contributed by atoms with Gasteiger partial charge in [0.05, 0.1) is 0 Å². The highest BCUT2D eigenvalue weighted by Gasteiger charge is 2.06. The highest BCUT2D eigenvalue weighted by Crippen LogP contribution is 2.15. The molecular formula is C11H16BrN. The zero-order chi connectivity index (χ0) is 9.68. The van der Waals surface area contributed by atoms with E-state index in [1.54, 1.807) is 0 Å². The summed E-state index contributed by atoms with van der Waals surface area (Å²) in [5.41, 5.74) is 2.51. The van der Waals surface area contributed by atoms with Crippen LogP contribution in [0.3, 0.4) is 0 Å². The van der Waals surface area contributed by atoms with Gasteiger partial charge in [-0.15, -0.1) is 0 Å². The van der Waals surface area contributed by atoms with Crippen molar-refractivity contribution in [1.82, 2.24) is 4.98 Å². The maximum absolute atomic E-state index is 4.37. The normalized spacial score (nSPS) is 12.8. The van der Waals surface area contributed by atoms with Crippen LogP contribution in [0.2, 0.25) is 0 Å². The number of halogens is 1. The number of pyridine rings is 1. The van der Waals surface area contributed by atoms with Crippen LogP contribution in [0.1, 0.15) is 31.0 Å². The molecular weight excluding hydrogens is 226 g/mol. The van der Waals surface area contributed by atoms with Gasteiger partial charge in [-0.2, -0.15) is 0 Å². The summed E-state index contributed by atoms with van der Waals surface area (Å²) in [6, 6.07) is 4.11. The van der Waals surface area contributed by atoms with Crippen molar-refractivity contribution in [2.24, 2.45) is 0 Å². The lowest BCUT2D eigenvalue weighted by atomic mass is 10.1. The molecule has 0 N–H and O–H groups in total. The molecule has 0 saturated heterocycles. The molecule has 1 aromatic heterocycles. The van der Waals surface area contributed by atoms with Gasteiger partial charge < -0.3 is 0 Å². The summed E-state index contributed by atoms with van der Waals surface area (Å²) in [6.07, 6.45) is 5.35. The molecule has 0 amide bonds. The largest absolute Gasteiger partial charge is 0.261 e. The van der Waals surface area contributed by atoms with E-state index in [9.17, 15) is 0 Å². The fraction of sp³-hybridized carbons (Fsp3) is 0.545. The van der Waals surface area contributed by atoms with Crippen LogP contribution in [-0.4, -0.2) is 9.81 Å². The smallest absolute Gasteiger partial charge is 0.0443 e. The predicted octanol–water partition coefficient (Wildman–Crippen LogP) is 3.50. The van der Waals surface area contributed by atoms with Crippen molar-refractivity contribution in [3.8, 4) is 0 Å².